The summed E-state index contributed by atoms with van der Waals surface area (Å²) in [6.45, 7) is 3.60. The van der Waals surface area contributed by atoms with E-state index in [9.17, 15) is 14.4 Å². The van der Waals surface area contributed by atoms with Crippen LogP contribution in [0.1, 0.15) is 41.6 Å². The summed E-state index contributed by atoms with van der Waals surface area (Å²) in [5.74, 6) is 0.755. The molecule has 0 amide bonds. The van der Waals surface area contributed by atoms with Crippen LogP contribution in [0.15, 0.2) is 80.1 Å². The van der Waals surface area contributed by atoms with Gasteiger partial charge in [-0.05, 0) is 49.7 Å². The van der Waals surface area contributed by atoms with Gasteiger partial charge in [-0.2, -0.15) is 0 Å². The Morgan fingerprint density at radius 3 is 2.50 bits per heavy atom. The number of carbonyl (C=O) groups excluding carboxylic acids is 2. The maximum Gasteiger partial charge on any atom is 0.338 e. The first-order chi connectivity index (χ1) is 20.3. The van der Waals surface area contributed by atoms with Crippen LogP contribution in [0.25, 0.3) is 17.4 Å². The summed E-state index contributed by atoms with van der Waals surface area (Å²) in [7, 11) is 4.36. The Labute approximate surface area is 244 Å². The van der Waals surface area contributed by atoms with Crippen molar-refractivity contribution in [3.8, 4) is 22.8 Å². The van der Waals surface area contributed by atoms with E-state index in [0.717, 1.165) is 0 Å². The molecule has 4 aromatic rings. The van der Waals surface area contributed by atoms with Gasteiger partial charge in [-0.3, -0.25) is 9.36 Å². The minimum Gasteiger partial charge on any atom is -0.493 e. The second-order valence-corrected chi connectivity index (χ2v) is 10.2. The van der Waals surface area contributed by atoms with Crippen LogP contribution >= 0.6 is 11.3 Å². The Bertz CT molecular complexity index is 1900. The third-order valence-electron chi connectivity index (χ3n) is 6.74. The average molecular weight is 589 g/mol. The Hall–Kier alpha value is -4.90. The highest BCUT2D eigenvalue weighted by Gasteiger charge is 2.34. The van der Waals surface area contributed by atoms with Crippen molar-refractivity contribution in [3.63, 3.8) is 0 Å². The molecule has 10 nitrogen and oxygen atoms in total. The largest absolute Gasteiger partial charge is 0.493 e. The molecule has 0 radical (unpaired) electrons. The Morgan fingerprint density at radius 2 is 1.79 bits per heavy atom. The number of carbonyl (C=O) groups is 2. The number of esters is 2. The monoisotopic (exact) mass is 588 g/mol. The molecule has 1 atom stereocenters. The Kier molecular flexibility index (Phi) is 8.12. The lowest BCUT2D eigenvalue weighted by molar-refractivity contribution is -0.139. The molecule has 42 heavy (non-hydrogen) atoms. The fourth-order valence-corrected chi connectivity index (χ4v) is 5.85. The second-order valence-electron chi connectivity index (χ2n) is 9.16. The number of methoxy groups -OCH3 is 3. The number of thiazole rings is 1. The highest BCUT2D eigenvalue weighted by molar-refractivity contribution is 7.07. The van der Waals surface area contributed by atoms with E-state index in [-0.39, 0.29) is 17.7 Å². The van der Waals surface area contributed by atoms with Gasteiger partial charge in [0, 0.05) is 11.6 Å². The third kappa shape index (κ3) is 5.14. The molecule has 0 saturated carbocycles. The van der Waals surface area contributed by atoms with Gasteiger partial charge in [-0.25, -0.2) is 14.6 Å². The standard InChI is InChI=1S/C31H28N2O8S/c1-6-40-30(36)26-17(2)32-31-33(27(26)18-11-13-23(37-3)24(15-18)38-4)28(34)25(42-31)16-19-12-14-22(41-19)20-9-7-8-10-21(20)29(35)39-5/h7-16,27H,6H2,1-5H3/t27-/m1/s1. The summed E-state index contributed by atoms with van der Waals surface area (Å²) in [6, 6.07) is 14.8. The number of rotatable bonds is 8. The highest BCUT2D eigenvalue weighted by atomic mass is 32.1. The summed E-state index contributed by atoms with van der Waals surface area (Å²) in [5.41, 5.74) is 1.88. The minimum absolute atomic E-state index is 0.165. The summed E-state index contributed by atoms with van der Waals surface area (Å²) in [4.78, 5) is 44.3. The van der Waals surface area contributed by atoms with Crippen molar-refractivity contribution in [1.82, 2.24) is 4.57 Å². The molecule has 0 aliphatic carbocycles. The van der Waals surface area contributed by atoms with Gasteiger partial charge in [0.1, 0.15) is 11.5 Å². The van der Waals surface area contributed by atoms with Gasteiger partial charge in [-0.15, -0.1) is 0 Å². The second kappa shape index (κ2) is 11.9. The summed E-state index contributed by atoms with van der Waals surface area (Å²) in [6.07, 6.45) is 1.61. The van der Waals surface area contributed by atoms with Crippen LogP contribution in [0.5, 0.6) is 11.5 Å². The van der Waals surface area contributed by atoms with E-state index in [4.69, 9.17) is 23.4 Å². The van der Waals surface area contributed by atoms with Crippen molar-refractivity contribution in [2.24, 2.45) is 4.99 Å². The van der Waals surface area contributed by atoms with Gasteiger partial charge in [0.2, 0.25) is 0 Å². The van der Waals surface area contributed by atoms with E-state index in [1.165, 1.54) is 37.2 Å². The van der Waals surface area contributed by atoms with Crippen LogP contribution in [0.4, 0.5) is 0 Å². The summed E-state index contributed by atoms with van der Waals surface area (Å²) >= 11 is 1.17. The summed E-state index contributed by atoms with van der Waals surface area (Å²) in [5, 5.41) is 0. The molecule has 0 unspecified atom stereocenters. The van der Waals surface area contributed by atoms with Gasteiger partial charge in [0.25, 0.3) is 5.56 Å². The van der Waals surface area contributed by atoms with E-state index >= 15 is 0 Å². The van der Waals surface area contributed by atoms with Gasteiger partial charge < -0.3 is 23.4 Å². The van der Waals surface area contributed by atoms with E-state index in [2.05, 4.69) is 4.99 Å². The molecule has 5 rings (SSSR count). The fraction of sp³-hybridized carbons (Fsp3) is 0.226. The van der Waals surface area contributed by atoms with Crippen LogP contribution in [-0.4, -0.2) is 44.4 Å². The van der Waals surface area contributed by atoms with Crippen molar-refractivity contribution >= 4 is 29.4 Å². The van der Waals surface area contributed by atoms with E-state index in [0.29, 0.717) is 54.7 Å². The van der Waals surface area contributed by atoms with E-state index in [1.54, 1.807) is 74.5 Å². The molecule has 0 N–H and O–H groups in total. The molecular weight excluding hydrogens is 560 g/mol. The van der Waals surface area contributed by atoms with Crippen molar-refractivity contribution in [3.05, 3.63) is 102 Å². The first-order valence-electron chi connectivity index (χ1n) is 13.0. The van der Waals surface area contributed by atoms with Crippen molar-refractivity contribution < 1.29 is 33.0 Å². The van der Waals surface area contributed by atoms with Crippen molar-refractivity contribution in [2.75, 3.05) is 27.9 Å². The minimum atomic E-state index is -0.818. The van der Waals surface area contributed by atoms with E-state index < -0.39 is 18.0 Å². The zero-order valence-corrected chi connectivity index (χ0v) is 24.4. The number of furan rings is 1. The van der Waals surface area contributed by atoms with E-state index in [1.807, 2.05) is 0 Å². The molecule has 0 saturated heterocycles. The van der Waals surface area contributed by atoms with Gasteiger partial charge in [0.15, 0.2) is 16.3 Å². The molecule has 0 spiro atoms. The van der Waals surface area contributed by atoms with Gasteiger partial charge in [0.05, 0.1) is 55.3 Å². The van der Waals surface area contributed by atoms with Gasteiger partial charge in [-0.1, -0.05) is 35.6 Å². The maximum atomic E-state index is 13.9. The van der Waals surface area contributed by atoms with Crippen molar-refractivity contribution in [1.29, 1.82) is 0 Å². The fourth-order valence-electron chi connectivity index (χ4n) is 4.82. The number of benzene rings is 2. The molecule has 0 bridgehead atoms. The number of hydrogen-bond donors (Lipinski definition) is 0. The van der Waals surface area contributed by atoms with Crippen LogP contribution in [0.2, 0.25) is 0 Å². The highest BCUT2D eigenvalue weighted by Crippen LogP contribution is 2.36. The lowest BCUT2D eigenvalue weighted by Crippen LogP contribution is -2.39. The molecule has 2 aromatic heterocycles. The zero-order valence-electron chi connectivity index (χ0n) is 23.6. The zero-order chi connectivity index (χ0) is 30.0. The third-order valence-corrected chi connectivity index (χ3v) is 7.72. The predicted molar refractivity (Wildman–Crippen MR) is 155 cm³/mol. The number of hydrogen-bond acceptors (Lipinski definition) is 10. The molecule has 1 aliphatic rings. The molecular formula is C31H28N2O8S. The first-order valence-corrected chi connectivity index (χ1v) is 13.8. The number of aromatic nitrogens is 1. The predicted octanol–water partition coefficient (Wildman–Crippen LogP) is 3.86. The van der Waals surface area contributed by atoms with Crippen LogP contribution in [0, 0.1) is 0 Å². The number of allylic oxidation sites excluding steroid dienone is 1. The smallest absolute Gasteiger partial charge is 0.338 e. The topological polar surface area (TPSA) is 119 Å². The van der Waals surface area contributed by atoms with Gasteiger partial charge >= 0.3 is 11.9 Å². The lowest BCUT2D eigenvalue weighted by Gasteiger charge is -2.25. The SMILES string of the molecule is CCOC(=O)C1=C(C)N=c2sc(=Cc3ccc(-c4ccccc4C(=O)OC)o3)c(=O)n2[C@@H]1c1ccc(OC)c(OC)c1. The molecule has 1 aliphatic heterocycles. The molecule has 11 heteroatoms. The van der Waals surface area contributed by atoms with Crippen LogP contribution < -0.4 is 24.4 Å². The van der Waals surface area contributed by atoms with Crippen molar-refractivity contribution in [2.45, 2.75) is 19.9 Å². The van der Waals surface area contributed by atoms with Crippen LogP contribution in [-0.2, 0) is 14.3 Å². The normalized spacial score (nSPS) is 14.7. The Morgan fingerprint density at radius 1 is 1.02 bits per heavy atom. The average Bonchev–Trinajstić information content (AvgIpc) is 3.59. The maximum absolute atomic E-state index is 13.9. The molecule has 2 aromatic carbocycles. The summed E-state index contributed by atoms with van der Waals surface area (Å²) < 4.78 is 29.0. The molecule has 0 fully saturated rings. The van der Waals surface area contributed by atoms with Crippen LogP contribution in [0.3, 0.4) is 0 Å². The Balaban J connectivity index is 1.65. The quantitative estimate of drug-likeness (QED) is 0.285. The number of nitrogens with zero attached hydrogens (tertiary/aromatic N) is 2. The lowest BCUT2D eigenvalue weighted by atomic mass is 9.95. The number of fused-ring (bicyclic) bond motifs is 1. The number of ether oxygens (including phenoxy) is 4. The molecule has 3 heterocycles. The molecule has 216 valence electrons. The first kappa shape index (κ1) is 28.6.